The quantitative estimate of drug-likeness (QED) is 0.851. The molecule has 1 saturated heterocycles. The predicted octanol–water partition coefficient (Wildman–Crippen LogP) is 3.60. The number of carbonyl (C=O) groups excluding carboxylic acids is 2. The molecule has 2 aromatic carbocycles. The highest BCUT2D eigenvalue weighted by Crippen LogP contribution is 2.22. The van der Waals surface area contributed by atoms with Gasteiger partial charge >= 0.3 is 0 Å². The van der Waals surface area contributed by atoms with Gasteiger partial charge in [-0.15, -0.1) is 0 Å². The van der Waals surface area contributed by atoms with Gasteiger partial charge in [0.05, 0.1) is 6.54 Å². The monoisotopic (exact) mass is 364 g/mol. The summed E-state index contributed by atoms with van der Waals surface area (Å²) in [6.07, 6.45) is 4.37. The van der Waals surface area contributed by atoms with Crippen LogP contribution >= 0.6 is 0 Å². The average Bonchev–Trinajstić information content (AvgIpc) is 2.72. The molecule has 0 radical (unpaired) electrons. The second-order valence-electron chi connectivity index (χ2n) is 7.40. The van der Waals surface area contributed by atoms with E-state index >= 15 is 0 Å². The Morgan fingerprint density at radius 3 is 2.33 bits per heavy atom. The van der Waals surface area contributed by atoms with Gasteiger partial charge in [0, 0.05) is 18.7 Å². The van der Waals surface area contributed by atoms with Crippen molar-refractivity contribution >= 4 is 11.8 Å². The Kier molecular flexibility index (Phi) is 6.64. The normalized spacial score (nSPS) is 14.8. The Bertz CT molecular complexity index is 748. The van der Waals surface area contributed by atoms with E-state index in [1.165, 1.54) is 12.0 Å². The third kappa shape index (κ3) is 5.68. The van der Waals surface area contributed by atoms with Crippen molar-refractivity contribution in [3.8, 4) is 0 Å². The molecule has 1 fully saturated rings. The molecule has 1 aliphatic heterocycles. The molecule has 0 atom stereocenters. The lowest BCUT2D eigenvalue weighted by atomic mass is 9.90. The Morgan fingerprint density at radius 1 is 1.00 bits per heavy atom. The van der Waals surface area contributed by atoms with E-state index in [0.717, 1.165) is 37.9 Å². The van der Waals surface area contributed by atoms with Crippen molar-refractivity contribution in [3.05, 3.63) is 71.3 Å². The zero-order chi connectivity index (χ0) is 19.1. The second kappa shape index (κ2) is 9.36. The molecule has 0 unspecified atom stereocenters. The van der Waals surface area contributed by atoms with Gasteiger partial charge in [0.15, 0.2) is 0 Å². The van der Waals surface area contributed by atoms with Crippen LogP contribution in [-0.2, 0) is 11.2 Å². The van der Waals surface area contributed by atoms with Gasteiger partial charge in [-0.3, -0.25) is 9.59 Å². The fourth-order valence-corrected chi connectivity index (χ4v) is 3.56. The van der Waals surface area contributed by atoms with E-state index in [1.807, 2.05) is 30.0 Å². The SMILES string of the molecule is Cc1ccc(C(=O)NCC(=O)N2CCC(CCc3ccccc3)CC2)cc1. The summed E-state index contributed by atoms with van der Waals surface area (Å²) in [5, 5.41) is 2.74. The molecule has 27 heavy (non-hydrogen) atoms. The predicted molar refractivity (Wildman–Crippen MR) is 108 cm³/mol. The number of hydrogen-bond donors (Lipinski definition) is 1. The summed E-state index contributed by atoms with van der Waals surface area (Å²) in [7, 11) is 0. The van der Waals surface area contributed by atoms with Gasteiger partial charge in [-0.05, 0) is 56.2 Å². The van der Waals surface area contributed by atoms with E-state index in [2.05, 4.69) is 29.6 Å². The van der Waals surface area contributed by atoms with E-state index in [1.54, 1.807) is 12.1 Å². The number of benzene rings is 2. The van der Waals surface area contributed by atoms with Crippen molar-refractivity contribution in [1.82, 2.24) is 10.2 Å². The summed E-state index contributed by atoms with van der Waals surface area (Å²) in [5.74, 6) is 0.495. The largest absolute Gasteiger partial charge is 0.343 e. The smallest absolute Gasteiger partial charge is 0.251 e. The fourth-order valence-electron chi connectivity index (χ4n) is 3.56. The molecule has 3 rings (SSSR count). The Morgan fingerprint density at radius 2 is 1.67 bits per heavy atom. The van der Waals surface area contributed by atoms with Crippen LogP contribution in [0.15, 0.2) is 54.6 Å². The molecule has 1 heterocycles. The van der Waals surface area contributed by atoms with Crippen molar-refractivity contribution in [1.29, 1.82) is 0 Å². The van der Waals surface area contributed by atoms with Gasteiger partial charge in [-0.1, -0.05) is 48.0 Å². The molecule has 0 saturated carbocycles. The van der Waals surface area contributed by atoms with Crippen LogP contribution in [0.5, 0.6) is 0 Å². The molecule has 0 bridgehead atoms. The van der Waals surface area contributed by atoms with Crippen LogP contribution in [0.3, 0.4) is 0 Å². The fraction of sp³-hybridized carbons (Fsp3) is 0.391. The third-order valence-electron chi connectivity index (χ3n) is 5.37. The maximum atomic E-state index is 12.4. The lowest BCUT2D eigenvalue weighted by molar-refractivity contribution is -0.131. The van der Waals surface area contributed by atoms with Gasteiger partial charge in [-0.2, -0.15) is 0 Å². The molecule has 142 valence electrons. The standard InChI is InChI=1S/C23H28N2O2/c1-18-7-11-21(12-8-18)23(27)24-17-22(26)25-15-13-20(14-16-25)10-9-19-5-3-2-4-6-19/h2-8,11-12,20H,9-10,13-17H2,1H3,(H,24,27). The Labute approximate surface area is 161 Å². The summed E-state index contributed by atoms with van der Waals surface area (Å²) in [4.78, 5) is 26.4. The molecule has 2 amide bonds. The Balaban J connectivity index is 1.38. The first-order chi connectivity index (χ1) is 13.1. The summed E-state index contributed by atoms with van der Waals surface area (Å²) in [6.45, 7) is 3.63. The summed E-state index contributed by atoms with van der Waals surface area (Å²) in [5.41, 5.74) is 3.08. The molecule has 2 aromatic rings. The van der Waals surface area contributed by atoms with E-state index in [9.17, 15) is 9.59 Å². The van der Waals surface area contributed by atoms with Gasteiger partial charge < -0.3 is 10.2 Å². The zero-order valence-electron chi connectivity index (χ0n) is 16.0. The van der Waals surface area contributed by atoms with Crippen LogP contribution in [0.25, 0.3) is 0 Å². The number of amides is 2. The van der Waals surface area contributed by atoms with Crippen molar-refractivity contribution in [3.63, 3.8) is 0 Å². The van der Waals surface area contributed by atoms with Crippen LogP contribution in [-0.4, -0.2) is 36.3 Å². The lowest BCUT2D eigenvalue weighted by Crippen LogP contribution is -2.44. The Hall–Kier alpha value is -2.62. The minimum atomic E-state index is -0.193. The first-order valence-electron chi connectivity index (χ1n) is 9.78. The highest BCUT2D eigenvalue weighted by atomic mass is 16.2. The van der Waals surface area contributed by atoms with E-state index in [-0.39, 0.29) is 18.4 Å². The van der Waals surface area contributed by atoms with Crippen molar-refractivity contribution in [2.24, 2.45) is 5.92 Å². The maximum Gasteiger partial charge on any atom is 0.251 e. The van der Waals surface area contributed by atoms with Crippen LogP contribution in [0.2, 0.25) is 0 Å². The summed E-state index contributed by atoms with van der Waals surface area (Å²) < 4.78 is 0. The van der Waals surface area contributed by atoms with Crippen molar-refractivity contribution < 1.29 is 9.59 Å². The molecule has 0 aliphatic carbocycles. The first-order valence-corrected chi connectivity index (χ1v) is 9.78. The molecule has 0 spiro atoms. The summed E-state index contributed by atoms with van der Waals surface area (Å²) >= 11 is 0. The van der Waals surface area contributed by atoms with Crippen molar-refractivity contribution in [2.45, 2.75) is 32.6 Å². The molecule has 1 N–H and O–H groups in total. The molecule has 0 aromatic heterocycles. The number of hydrogen-bond acceptors (Lipinski definition) is 2. The molecule has 1 aliphatic rings. The number of rotatable bonds is 6. The lowest BCUT2D eigenvalue weighted by Gasteiger charge is -2.32. The van der Waals surface area contributed by atoms with Gasteiger partial charge in [0.2, 0.25) is 5.91 Å². The van der Waals surface area contributed by atoms with Gasteiger partial charge in [0.1, 0.15) is 0 Å². The van der Waals surface area contributed by atoms with E-state index in [0.29, 0.717) is 11.5 Å². The topological polar surface area (TPSA) is 49.4 Å². The molecule has 4 heteroatoms. The van der Waals surface area contributed by atoms with Gasteiger partial charge in [-0.25, -0.2) is 0 Å². The molecular weight excluding hydrogens is 336 g/mol. The van der Waals surface area contributed by atoms with Crippen LogP contribution in [0.4, 0.5) is 0 Å². The highest BCUT2D eigenvalue weighted by molar-refractivity contribution is 5.96. The maximum absolute atomic E-state index is 12.4. The number of aryl methyl sites for hydroxylation is 2. The van der Waals surface area contributed by atoms with Crippen molar-refractivity contribution in [2.75, 3.05) is 19.6 Å². The van der Waals surface area contributed by atoms with E-state index < -0.39 is 0 Å². The molecular formula is C23H28N2O2. The minimum Gasteiger partial charge on any atom is -0.343 e. The highest BCUT2D eigenvalue weighted by Gasteiger charge is 2.22. The first kappa shape index (κ1) is 19.2. The van der Waals surface area contributed by atoms with Crippen LogP contribution in [0, 0.1) is 12.8 Å². The van der Waals surface area contributed by atoms with Crippen LogP contribution in [0.1, 0.15) is 40.7 Å². The molecule has 4 nitrogen and oxygen atoms in total. The van der Waals surface area contributed by atoms with Crippen LogP contribution < -0.4 is 5.32 Å². The number of nitrogens with one attached hydrogen (secondary N) is 1. The average molecular weight is 364 g/mol. The third-order valence-corrected chi connectivity index (χ3v) is 5.37. The number of piperidine rings is 1. The number of likely N-dealkylation sites (tertiary alicyclic amines) is 1. The number of nitrogens with zero attached hydrogens (tertiary/aromatic N) is 1. The van der Waals surface area contributed by atoms with E-state index in [4.69, 9.17) is 0 Å². The minimum absolute atomic E-state index is 0.0111. The summed E-state index contributed by atoms with van der Waals surface area (Å²) in [6, 6.07) is 17.9. The zero-order valence-corrected chi connectivity index (χ0v) is 16.0. The second-order valence-corrected chi connectivity index (χ2v) is 7.40. The van der Waals surface area contributed by atoms with Gasteiger partial charge in [0.25, 0.3) is 5.91 Å². The number of carbonyl (C=O) groups is 2.